The van der Waals surface area contributed by atoms with Gasteiger partial charge in [0.05, 0.1) is 0 Å². The van der Waals surface area contributed by atoms with Gasteiger partial charge in [0.2, 0.25) is 5.91 Å². The molecule has 2 atom stereocenters. The van der Waals surface area contributed by atoms with Crippen molar-refractivity contribution in [2.24, 2.45) is 5.73 Å². The van der Waals surface area contributed by atoms with Crippen LogP contribution in [0.5, 0.6) is 0 Å². The smallest absolute Gasteiger partial charge is 0.355 e. The van der Waals surface area contributed by atoms with Crippen LogP contribution in [0.15, 0.2) is 72.4 Å². The number of rotatable bonds is 4. The number of nitrogens with two attached hydrogens (primary N) is 1. The summed E-state index contributed by atoms with van der Waals surface area (Å²) >= 11 is 1.55. The first kappa shape index (κ1) is 16.9. The molecule has 2 aromatic rings. The Morgan fingerprint density at radius 2 is 1.65 bits per heavy atom. The van der Waals surface area contributed by atoms with Crippen LogP contribution in [0.1, 0.15) is 17.2 Å². The molecule has 0 aromatic heterocycles. The highest BCUT2D eigenvalue weighted by molar-refractivity contribution is 8.00. The van der Waals surface area contributed by atoms with E-state index in [1.54, 1.807) is 17.8 Å². The SMILES string of the molecule is N[C@H]1C(=O)N2C(C(=O)OC(c3ccccc3)c3ccccc3)=CCS[C@@H]12. The molecule has 0 saturated carbocycles. The highest BCUT2D eigenvalue weighted by Crippen LogP contribution is 2.37. The van der Waals surface area contributed by atoms with E-state index in [0.717, 1.165) is 11.1 Å². The maximum Gasteiger partial charge on any atom is 0.355 e. The number of hydrogen-bond acceptors (Lipinski definition) is 5. The first-order valence-electron chi connectivity index (χ1n) is 8.38. The van der Waals surface area contributed by atoms with E-state index < -0.39 is 18.1 Å². The molecule has 2 N–H and O–H groups in total. The quantitative estimate of drug-likeness (QED) is 0.665. The molecule has 4 rings (SSSR count). The second-order valence-corrected chi connectivity index (χ2v) is 7.30. The van der Waals surface area contributed by atoms with Crippen LogP contribution in [-0.4, -0.2) is 33.9 Å². The number of benzene rings is 2. The first-order valence-corrected chi connectivity index (χ1v) is 9.43. The van der Waals surface area contributed by atoms with Crippen molar-refractivity contribution in [2.75, 3.05) is 5.75 Å². The molecule has 0 bridgehead atoms. The maximum absolute atomic E-state index is 12.9. The molecule has 0 unspecified atom stereocenters. The number of amides is 1. The van der Waals surface area contributed by atoms with Gasteiger partial charge in [-0.25, -0.2) is 4.79 Å². The minimum absolute atomic E-state index is 0.179. The molecule has 2 aliphatic heterocycles. The number of carbonyl (C=O) groups is 2. The Bertz CT molecular complexity index is 814. The van der Waals surface area contributed by atoms with Gasteiger partial charge in [0.25, 0.3) is 0 Å². The predicted octanol–water partition coefficient (Wildman–Crippen LogP) is 2.45. The summed E-state index contributed by atoms with van der Waals surface area (Å²) in [5.41, 5.74) is 7.87. The number of hydrogen-bond donors (Lipinski definition) is 1. The lowest BCUT2D eigenvalue weighted by atomic mass is 10.0. The second-order valence-electron chi connectivity index (χ2n) is 6.15. The van der Waals surface area contributed by atoms with Gasteiger partial charge in [-0.3, -0.25) is 9.69 Å². The van der Waals surface area contributed by atoms with E-state index in [1.807, 2.05) is 60.7 Å². The van der Waals surface area contributed by atoms with E-state index in [-0.39, 0.29) is 17.0 Å². The number of carbonyl (C=O) groups excluding carboxylic acids is 2. The third kappa shape index (κ3) is 2.91. The van der Waals surface area contributed by atoms with Gasteiger partial charge in [-0.05, 0) is 17.2 Å². The van der Waals surface area contributed by atoms with Crippen molar-refractivity contribution in [3.8, 4) is 0 Å². The van der Waals surface area contributed by atoms with Crippen LogP contribution in [0, 0.1) is 0 Å². The molecule has 1 fully saturated rings. The van der Waals surface area contributed by atoms with Crippen molar-refractivity contribution in [1.29, 1.82) is 0 Å². The first-order chi connectivity index (χ1) is 12.7. The van der Waals surface area contributed by atoms with Crippen LogP contribution in [0.3, 0.4) is 0 Å². The lowest BCUT2D eigenvalue weighted by Crippen LogP contribution is -2.68. The third-order valence-electron chi connectivity index (χ3n) is 4.53. The van der Waals surface area contributed by atoms with E-state index in [9.17, 15) is 9.59 Å². The summed E-state index contributed by atoms with van der Waals surface area (Å²) < 4.78 is 5.85. The zero-order chi connectivity index (χ0) is 18.1. The fourth-order valence-corrected chi connectivity index (χ4v) is 4.32. The van der Waals surface area contributed by atoms with Crippen LogP contribution in [0.4, 0.5) is 0 Å². The standard InChI is InChI=1S/C20H18N2O3S/c21-16-18(23)22-15(11-12-26-19(16)22)20(24)25-17(13-7-3-1-4-8-13)14-9-5-2-6-10-14/h1-11,16-17,19H,12,21H2/t16-,19-/m0/s1. The van der Waals surface area contributed by atoms with Crippen molar-refractivity contribution in [1.82, 2.24) is 4.90 Å². The Labute approximate surface area is 155 Å². The number of thioether (sulfide) groups is 1. The van der Waals surface area contributed by atoms with Crippen molar-refractivity contribution in [3.63, 3.8) is 0 Å². The zero-order valence-electron chi connectivity index (χ0n) is 13.9. The highest BCUT2D eigenvalue weighted by atomic mass is 32.2. The van der Waals surface area contributed by atoms with Crippen molar-refractivity contribution in [2.45, 2.75) is 17.5 Å². The summed E-state index contributed by atoms with van der Waals surface area (Å²) in [6.45, 7) is 0. The van der Waals surface area contributed by atoms with Crippen LogP contribution >= 0.6 is 11.8 Å². The molecular weight excluding hydrogens is 348 g/mol. The predicted molar refractivity (Wildman–Crippen MR) is 100.0 cm³/mol. The summed E-state index contributed by atoms with van der Waals surface area (Å²) in [6.07, 6.45) is 1.20. The molecule has 132 valence electrons. The van der Waals surface area contributed by atoms with Crippen LogP contribution < -0.4 is 5.73 Å². The molecule has 5 nitrogen and oxygen atoms in total. The summed E-state index contributed by atoms with van der Waals surface area (Å²) in [6, 6.07) is 18.6. The Morgan fingerprint density at radius 3 is 2.23 bits per heavy atom. The monoisotopic (exact) mass is 366 g/mol. The molecule has 2 aliphatic rings. The topological polar surface area (TPSA) is 72.6 Å². The Balaban J connectivity index is 1.61. The molecule has 0 aliphatic carbocycles. The Hall–Kier alpha value is -2.57. The van der Waals surface area contributed by atoms with Gasteiger partial charge in [-0.1, -0.05) is 60.7 Å². The Morgan fingerprint density at radius 1 is 1.08 bits per heavy atom. The molecule has 1 saturated heterocycles. The lowest BCUT2D eigenvalue weighted by molar-refractivity contribution is -0.152. The van der Waals surface area contributed by atoms with Gasteiger partial charge in [-0.2, -0.15) is 0 Å². The molecule has 6 heteroatoms. The summed E-state index contributed by atoms with van der Waals surface area (Å²) in [5, 5.41) is -0.179. The maximum atomic E-state index is 12.9. The van der Waals surface area contributed by atoms with Gasteiger partial charge in [-0.15, -0.1) is 11.8 Å². The van der Waals surface area contributed by atoms with E-state index in [2.05, 4.69) is 0 Å². The van der Waals surface area contributed by atoms with Crippen LogP contribution in [0.2, 0.25) is 0 Å². The molecule has 1 amide bonds. The average Bonchev–Trinajstić information content (AvgIpc) is 2.72. The van der Waals surface area contributed by atoms with Crippen LogP contribution in [-0.2, 0) is 14.3 Å². The minimum atomic E-state index is -0.546. The number of ether oxygens (including phenoxy) is 1. The number of β-lactam (4-membered cyclic amide) rings is 1. The number of esters is 1. The van der Waals surface area contributed by atoms with Crippen molar-refractivity contribution in [3.05, 3.63) is 83.6 Å². The fourth-order valence-electron chi connectivity index (χ4n) is 3.18. The zero-order valence-corrected chi connectivity index (χ0v) is 14.8. The van der Waals surface area contributed by atoms with Gasteiger partial charge in [0, 0.05) is 5.75 Å². The molecule has 0 spiro atoms. The number of fused-ring (bicyclic) bond motifs is 1. The van der Waals surface area contributed by atoms with E-state index in [0.29, 0.717) is 5.75 Å². The van der Waals surface area contributed by atoms with E-state index in [4.69, 9.17) is 10.5 Å². The Kier molecular flexibility index (Phi) is 4.53. The second kappa shape index (κ2) is 6.97. The van der Waals surface area contributed by atoms with E-state index in [1.165, 1.54) is 4.90 Å². The molecule has 26 heavy (non-hydrogen) atoms. The van der Waals surface area contributed by atoms with Crippen molar-refractivity contribution < 1.29 is 14.3 Å². The molecule has 2 aromatic carbocycles. The van der Waals surface area contributed by atoms with Gasteiger partial charge < -0.3 is 10.5 Å². The molecular formula is C20H18N2O3S. The lowest BCUT2D eigenvalue weighted by Gasteiger charge is -2.47. The summed E-state index contributed by atoms with van der Waals surface area (Å²) in [5.74, 6) is -0.108. The molecule has 0 radical (unpaired) electrons. The molecule has 2 heterocycles. The van der Waals surface area contributed by atoms with Gasteiger partial charge >= 0.3 is 5.97 Å². The van der Waals surface area contributed by atoms with Crippen LogP contribution in [0.25, 0.3) is 0 Å². The largest absolute Gasteiger partial charge is 0.448 e. The fraction of sp³-hybridized carbons (Fsp3) is 0.200. The number of nitrogens with zero attached hydrogens (tertiary/aromatic N) is 1. The van der Waals surface area contributed by atoms with Gasteiger partial charge in [0.15, 0.2) is 6.10 Å². The van der Waals surface area contributed by atoms with Gasteiger partial charge in [0.1, 0.15) is 17.1 Å². The minimum Gasteiger partial charge on any atom is -0.448 e. The third-order valence-corrected chi connectivity index (χ3v) is 5.73. The average molecular weight is 366 g/mol. The summed E-state index contributed by atoms with van der Waals surface area (Å²) in [4.78, 5) is 26.4. The highest BCUT2D eigenvalue weighted by Gasteiger charge is 2.50. The summed E-state index contributed by atoms with van der Waals surface area (Å²) in [7, 11) is 0. The normalized spacial score (nSPS) is 21.7. The van der Waals surface area contributed by atoms with E-state index >= 15 is 0 Å². The van der Waals surface area contributed by atoms with Crippen molar-refractivity contribution >= 4 is 23.6 Å².